The van der Waals surface area contributed by atoms with Crippen molar-refractivity contribution >= 4 is 41.4 Å². The quantitative estimate of drug-likeness (QED) is 0.0782. The molecular weight excluding hydrogens is 518 g/mol. The van der Waals surface area contributed by atoms with Crippen molar-refractivity contribution in [2.24, 2.45) is 17.6 Å². The molecule has 3 saturated heterocycles. The second kappa shape index (κ2) is 11.1. The van der Waals surface area contributed by atoms with Crippen molar-refractivity contribution in [2.45, 2.75) is 62.3 Å². The summed E-state index contributed by atoms with van der Waals surface area (Å²) < 4.78 is 0. The molecule has 0 aromatic rings. The van der Waals surface area contributed by atoms with E-state index in [4.69, 9.17) is 11.1 Å². The number of nitrogens with one attached hydrogen (secondary N) is 4. The molecule has 0 radical (unpaired) electrons. The molecule has 4 aliphatic rings. The Bertz CT molecular complexity index is 1050. The first-order valence-corrected chi connectivity index (χ1v) is 13.5. The zero-order valence-electron chi connectivity index (χ0n) is 21.2. The van der Waals surface area contributed by atoms with Gasteiger partial charge in [0.05, 0.1) is 42.7 Å². The van der Waals surface area contributed by atoms with Gasteiger partial charge in [-0.25, -0.2) is 4.79 Å². The van der Waals surface area contributed by atoms with Crippen LogP contribution in [0.2, 0.25) is 0 Å². The Morgan fingerprint density at radius 1 is 1.29 bits per heavy atom. The summed E-state index contributed by atoms with van der Waals surface area (Å²) in [6.07, 6.45) is -1.51. The zero-order valence-corrected chi connectivity index (χ0v) is 22.0. The number of aliphatic carboxylic acids is 1. The number of nitrogens with two attached hydrogens (primary N) is 1. The number of rotatable bonds is 10. The van der Waals surface area contributed by atoms with Gasteiger partial charge in [-0.05, 0) is 13.3 Å². The number of hydrogen-bond acceptors (Lipinski definition) is 9. The third-order valence-corrected chi connectivity index (χ3v) is 9.01. The third-order valence-electron chi connectivity index (χ3n) is 7.50. The summed E-state index contributed by atoms with van der Waals surface area (Å²) in [4.78, 5) is 53.1. The van der Waals surface area contributed by atoms with Crippen LogP contribution in [0.15, 0.2) is 10.6 Å². The van der Waals surface area contributed by atoms with Crippen molar-refractivity contribution in [3.05, 3.63) is 10.6 Å². The van der Waals surface area contributed by atoms with Gasteiger partial charge in [0.1, 0.15) is 5.70 Å². The minimum Gasteiger partial charge on any atom is -0.477 e. The fourth-order valence-electron chi connectivity index (χ4n) is 5.61. The summed E-state index contributed by atoms with van der Waals surface area (Å²) in [5.41, 5.74) is 5.13. The van der Waals surface area contributed by atoms with Gasteiger partial charge in [-0.1, -0.05) is 6.92 Å². The van der Waals surface area contributed by atoms with E-state index in [-0.39, 0.29) is 65.6 Å². The fourth-order valence-corrected chi connectivity index (χ4v) is 7.09. The topological polar surface area (TPSA) is 221 Å². The Balaban J connectivity index is 1.25. The van der Waals surface area contributed by atoms with E-state index in [1.807, 2.05) is 6.92 Å². The molecule has 4 aliphatic heterocycles. The normalized spacial score (nSPS) is 30.3. The predicted octanol–water partition coefficient (Wildman–Crippen LogP) is -2.84. The van der Waals surface area contributed by atoms with Crippen LogP contribution in [0.4, 0.5) is 0 Å². The Morgan fingerprint density at radius 2 is 1.97 bits per heavy atom. The van der Waals surface area contributed by atoms with Crippen LogP contribution < -0.4 is 21.7 Å². The van der Waals surface area contributed by atoms with Crippen LogP contribution in [-0.2, 0) is 19.2 Å². The van der Waals surface area contributed by atoms with Gasteiger partial charge in [-0.3, -0.25) is 19.8 Å². The van der Waals surface area contributed by atoms with Gasteiger partial charge in [0.15, 0.2) is 5.96 Å². The number of β-lactam (4-membered cyclic amide) rings is 1. The van der Waals surface area contributed by atoms with Crippen LogP contribution in [0, 0.1) is 17.2 Å². The third kappa shape index (κ3) is 5.46. The molecule has 0 saturated carbocycles. The number of nitrogens with zero attached hydrogens (tertiary/aromatic N) is 2. The minimum atomic E-state index is -1.17. The molecule has 0 bridgehead atoms. The monoisotopic (exact) mass is 553 g/mol. The van der Waals surface area contributed by atoms with E-state index < -0.39 is 30.1 Å². The molecule has 14 nitrogen and oxygen atoms in total. The van der Waals surface area contributed by atoms with Gasteiger partial charge in [-0.2, -0.15) is 0 Å². The molecule has 0 spiro atoms. The Morgan fingerprint density at radius 3 is 2.58 bits per heavy atom. The van der Waals surface area contributed by atoms with E-state index in [2.05, 4.69) is 16.0 Å². The second-order valence-corrected chi connectivity index (χ2v) is 11.7. The minimum absolute atomic E-state index is 0.00959. The first-order valence-electron chi connectivity index (χ1n) is 12.6. The van der Waals surface area contributed by atoms with Crippen molar-refractivity contribution in [2.75, 3.05) is 26.2 Å². The van der Waals surface area contributed by atoms with Gasteiger partial charge >= 0.3 is 5.97 Å². The SMILES string of the molecule is CC(O)C1C(=O)N2C(C(=O)O)=C(SC3CNC(C(=O)N4CC(NC(=O)CC(O)CNC(=N)N)C4)C3)C(C)[C@@H]12. The number of carboxylic acid groups (broad SMARTS) is 1. The van der Waals surface area contributed by atoms with Gasteiger partial charge < -0.3 is 46.8 Å². The number of likely N-dealkylation sites (tertiary alicyclic amines) is 1. The van der Waals surface area contributed by atoms with Crippen molar-refractivity contribution in [1.29, 1.82) is 5.41 Å². The first kappa shape index (κ1) is 28.1. The van der Waals surface area contributed by atoms with E-state index >= 15 is 0 Å². The molecule has 9 N–H and O–H groups in total. The molecule has 15 heteroatoms. The van der Waals surface area contributed by atoms with Crippen LogP contribution in [0.3, 0.4) is 0 Å². The number of fused-ring (bicyclic) bond motifs is 1. The van der Waals surface area contributed by atoms with Crippen LogP contribution in [0.5, 0.6) is 0 Å². The van der Waals surface area contributed by atoms with Gasteiger partial charge in [0.2, 0.25) is 17.7 Å². The summed E-state index contributed by atoms with van der Waals surface area (Å²) in [6.45, 7) is 4.61. The Kier molecular flexibility index (Phi) is 8.20. The summed E-state index contributed by atoms with van der Waals surface area (Å²) in [5, 5.41) is 45.1. The van der Waals surface area contributed by atoms with Crippen LogP contribution in [0.1, 0.15) is 26.7 Å². The molecule has 3 amide bonds. The van der Waals surface area contributed by atoms with Crippen molar-refractivity contribution < 1.29 is 34.5 Å². The highest BCUT2D eigenvalue weighted by atomic mass is 32.2. The van der Waals surface area contributed by atoms with E-state index in [0.717, 1.165) is 0 Å². The molecule has 4 heterocycles. The zero-order chi connectivity index (χ0) is 27.9. The highest BCUT2D eigenvalue weighted by Crippen LogP contribution is 2.51. The molecular formula is C23H35N7O7S. The fraction of sp³-hybridized carbons (Fsp3) is 0.696. The van der Waals surface area contributed by atoms with Crippen LogP contribution in [-0.4, -0.2) is 117 Å². The molecule has 210 valence electrons. The largest absolute Gasteiger partial charge is 0.477 e. The van der Waals surface area contributed by atoms with Gasteiger partial charge in [0, 0.05) is 42.3 Å². The lowest BCUT2D eigenvalue weighted by molar-refractivity contribution is -0.163. The molecule has 4 rings (SSSR count). The Hall–Kier alpha value is -2.88. The Labute approximate surface area is 223 Å². The molecule has 0 aromatic carbocycles. The number of aliphatic hydroxyl groups is 2. The summed E-state index contributed by atoms with van der Waals surface area (Å²) in [7, 11) is 0. The maximum Gasteiger partial charge on any atom is 0.353 e. The summed E-state index contributed by atoms with van der Waals surface area (Å²) >= 11 is 1.38. The summed E-state index contributed by atoms with van der Waals surface area (Å²) in [5.74, 6) is -3.13. The van der Waals surface area contributed by atoms with Crippen LogP contribution in [0.25, 0.3) is 0 Å². The van der Waals surface area contributed by atoms with Crippen molar-refractivity contribution in [3.63, 3.8) is 0 Å². The first-order chi connectivity index (χ1) is 17.9. The number of hydrogen-bond donors (Lipinski definition) is 8. The standard InChI is InChI=1S/C23H35N7O7S/c1-9-17-16(10(2)31)21(35)30(17)18(22(36)37)19(9)38-13-4-14(26-6-13)20(34)29-7-11(8-29)28-15(33)3-12(32)5-27-23(24)25/h9-14,16-17,26,31-32H,3-8H2,1-2H3,(H,28,33)(H,36,37)(H4,24,25,27)/t9?,10?,12?,13?,14?,16?,17-/m0/s1. The number of thioether (sulfide) groups is 1. The second-order valence-electron chi connectivity index (χ2n) is 10.4. The average molecular weight is 554 g/mol. The number of amides is 3. The number of carbonyl (C=O) groups excluding carboxylic acids is 3. The van der Waals surface area contributed by atoms with Crippen molar-refractivity contribution in [1.82, 2.24) is 25.8 Å². The van der Waals surface area contributed by atoms with E-state index in [1.54, 1.807) is 11.8 Å². The lowest BCUT2D eigenvalue weighted by Gasteiger charge is -2.46. The average Bonchev–Trinajstić information content (AvgIpc) is 3.36. The number of aliphatic hydroxyl groups excluding tert-OH is 2. The molecule has 6 unspecified atom stereocenters. The highest BCUT2D eigenvalue weighted by Gasteiger charge is 2.60. The number of carboxylic acids is 1. The molecule has 7 atom stereocenters. The number of carbonyl (C=O) groups is 4. The molecule has 0 aliphatic carbocycles. The van der Waals surface area contributed by atoms with E-state index in [9.17, 15) is 34.5 Å². The molecule has 38 heavy (non-hydrogen) atoms. The van der Waals surface area contributed by atoms with E-state index in [0.29, 0.717) is 31.0 Å². The molecule has 0 aromatic heterocycles. The molecule has 3 fully saturated rings. The van der Waals surface area contributed by atoms with Gasteiger partial charge in [0.25, 0.3) is 0 Å². The maximum absolute atomic E-state index is 13.0. The predicted molar refractivity (Wildman–Crippen MR) is 136 cm³/mol. The maximum atomic E-state index is 13.0. The lowest BCUT2D eigenvalue weighted by Crippen LogP contribution is -2.63. The lowest BCUT2D eigenvalue weighted by atomic mass is 9.79. The van der Waals surface area contributed by atoms with Gasteiger partial charge in [-0.15, -0.1) is 11.8 Å². The van der Waals surface area contributed by atoms with Crippen LogP contribution >= 0.6 is 11.8 Å². The number of guanidine groups is 1. The smallest absolute Gasteiger partial charge is 0.353 e. The summed E-state index contributed by atoms with van der Waals surface area (Å²) in [6, 6.07) is -1.02. The highest BCUT2D eigenvalue weighted by molar-refractivity contribution is 8.03. The van der Waals surface area contributed by atoms with Crippen molar-refractivity contribution in [3.8, 4) is 0 Å². The van der Waals surface area contributed by atoms with E-state index in [1.165, 1.54) is 16.7 Å².